The molecule has 0 bridgehead atoms. The fraction of sp³-hybridized carbons (Fsp3) is 0.333. The van der Waals surface area contributed by atoms with Crippen LogP contribution in [0.5, 0.6) is 0 Å². The number of rotatable bonds is 2. The third-order valence-electron chi connectivity index (χ3n) is 1.19. The second kappa shape index (κ2) is 7.24. The van der Waals surface area contributed by atoms with E-state index >= 15 is 0 Å². The zero-order valence-corrected chi connectivity index (χ0v) is 7.65. The Hall–Kier alpha value is -1.42. The first kappa shape index (κ1) is 11.6. The van der Waals surface area contributed by atoms with Crippen LogP contribution < -0.4 is 5.43 Å². The van der Waals surface area contributed by atoms with Gasteiger partial charge in [0.25, 0.3) is 0 Å². The van der Waals surface area contributed by atoms with Gasteiger partial charge in [0.2, 0.25) is 0 Å². The van der Waals surface area contributed by atoms with Crippen molar-refractivity contribution in [3.05, 3.63) is 34.4 Å². The molecule has 1 rings (SSSR count). The molecule has 0 aliphatic carbocycles. The average Bonchev–Trinajstić information content (AvgIpc) is 2.19. The summed E-state index contributed by atoms with van der Waals surface area (Å²) in [5.41, 5.74) is -0.256. The second-order valence-electron chi connectivity index (χ2n) is 2.07. The normalized spacial score (nSPS) is 8.46. The summed E-state index contributed by atoms with van der Waals surface area (Å²) in [4.78, 5) is 20.5. The highest BCUT2D eigenvalue weighted by Gasteiger charge is 1.92. The van der Waals surface area contributed by atoms with Crippen LogP contribution in [0.3, 0.4) is 0 Å². The monoisotopic (exact) mass is 184 g/mol. The second-order valence-corrected chi connectivity index (χ2v) is 2.07. The van der Waals surface area contributed by atoms with Gasteiger partial charge in [-0.1, -0.05) is 0 Å². The molecule has 0 radical (unpaired) electrons. The van der Waals surface area contributed by atoms with Crippen molar-refractivity contribution in [1.82, 2.24) is 0 Å². The van der Waals surface area contributed by atoms with Gasteiger partial charge in [-0.25, -0.2) is 0 Å². The summed E-state index contributed by atoms with van der Waals surface area (Å²) in [6.45, 7) is 2.78. The van der Waals surface area contributed by atoms with Gasteiger partial charge in [-0.05, 0) is 6.92 Å². The lowest BCUT2D eigenvalue weighted by molar-refractivity contribution is 0.112. The molecule has 0 aliphatic rings. The predicted molar refractivity (Wildman–Crippen MR) is 47.9 cm³/mol. The molecule has 4 heteroatoms. The Morgan fingerprint density at radius 2 is 2.23 bits per heavy atom. The first-order chi connectivity index (χ1) is 6.26. The Labute approximate surface area is 76.1 Å². The minimum atomic E-state index is -0.309. The summed E-state index contributed by atoms with van der Waals surface area (Å²) in [6, 6.07) is 1.20. The molecule has 0 unspecified atom stereocenters. The summed E-state index contributed by atoms with van der Waals surface area (Å²) >= 11 is 0. The fourth-order valence-electron chi connectivity index (χ4n) is 0.454. The van der Waals surface area contributed by atoms with E-state index in [9.17, 15) is 9.59 Å². The van der Waals surface area contributed by atoms with Gasteiger partial charge >= 0.3 is 0 Å². The quantitative estimate of drug-likeness (QED) is 0.646. The molecule has 0 N–H and O–H groups in total. The van der Waals surface area contributed by atoms with Crippen molar-refractivity contribution in [2.24, 2.45) is 0 Å². The Bertz CT molecular complexity index is 288. The average molecular weight is 184 g/mol. The molecule has 72 valence electrons. The van der Waals surface area contributed by atoms with Crippen LogP contribution in [0.25, 0.3) is 0 Å². The zero-order valence-electron chi connectivity index (χ0n) is 7.65. The van der Waals surface area contributed by atoms with E-state index in [1.54, 1.807) is 7.11 Å². The van der Waals surface area contributed by atoms with Crippen molar-refractivity contribution in [2.75, 3.05) is 13.7 Å². The maximum Gasteiger partial charge on any atom is 0.195 e. The van der Waals surface area contributed by atoms with Crippen LogP contribution in [0, 0.1) is 0 Å². The molecule has 0 atom stereocenters. The summed E-state index contributed by atoms with van der Waals surface area (Å²) < 4.78 is 9.09. The molecule has 1 aromatic heterocycles. The number of carbonyl (C=O) groups is 1. The highest BCUT2D eigenvalue weighted by atomic mass is 16.5. The smallest absolute Gasteiger partial charge is 0.195 e. The Balaban J connectivity index is 0.000000310. The standard InChI is InChI=1S/C6H4O3.C3H8O/c7-3-5-4-9-2-1-6(5)8;1-3-4-2/h1-4H;3H2,1-2H3. The fourth-order valence-corrected chi connectivity index (χ4v) is 0.454. The molecular weight excluding hydrogens is 172 g/mol. The van der Waals surface area contributed by atoms with Gasteiger partial charge in [-0.2, -0.15) is 0 Å². The molecule has 1 aromatic rings. The van der Waals surface area contributed by atoms with E-state index in [0.717, 1.165) is 12.9 Å². The van der Waals surface area contributed by atoms with Gasteiger partial charge in [0.05, 0.1) is 11.8 Å². The number of aldehydes is 1. The SMILES string of the molecule is CCOC.O=Cc1coccc1=O. The predicted octanol–water partition coefficient (Wildman–Crippen LogP) is 1.10. The minimum absolute atomic E-state index is 0.0532. The van der Waals surface area contributed by atoms with E-state index in [1.165, 1.54) is 12.3 Å². The molecule has 0 fully saturated rings. The number of ether oxygens (including phenoxy) is 1. The largest absolute Gasteiger partial charge is 0.472 e. The maximum atomic E-state index is 10.6. The van der Waals surface area contributed by atoms with Crippen LogP contribution in [0.1, 0.15) is 17.3 Å². The molecule has 0 aliphatic heterocycles. The van der Waals surface area contributed by atoms with Gasteiger partial charge in [-0.15, -0.1) is 0 Å². The van der Waals surface area contributed by atoms with Gasteiger partial charge in [0.15, 0.2) is 11.7 Å². The van der Waals surface area contributed by atoms with Crippen molar-refractivity contribution in [3.63, 3.8) is 0 Å². The topological polar surface area (TPSA) is 56.5 Å². The third kappa shape index (κ3) is 4.92. The van der Waals surface area contributed by atoms with Gasteiger partial charge in [0.1, 0.15) is 6.26 Å². The number of hydrogen-bond donors (Lipinski definition) is 0. The molecule has 0 saturated carbocycles. The van der Waals surface area contributed by atoms with E-state index in [2.05, 4.69) is 9.15 Å². The zero-order chi connectivity index (χ0) is 10.1. The van der Waals surface area contributed by atoms with Crippen LogP contribution >= 0.6 is 0 Å². The third-order valence-corrected chi connectivity index (χ3v) is 1.19. The molecule has 13 heavy (non-hydrogen) atoms. The van der Waals surface area contributed by atoms with Crippen LogP contribution in [-0.2, 0) is 4.74 Å². The van der Waals surface area contributed by atoms with E-state index in [4.69, 9.17) is 0 Å². The summed E-state index contributed by atoms with van der Waals surface area (Å²) in [5.74, 6) is 0. The summed E-state index contributed by atoms with van der Waals surface area (Å²) in [7, 11) is 1.68. The van der Waals surface area contributed by atoms with E-state index in [0.29, 0.717) is 6.29 Å². The van der Waals surface area contributed by atoms with E-state index < -0.39 is 0 Å². The molecular formula is C9H12O4. The van der Waals surface area contributed by atoms with Crippen LogP contribution in [0.15, 0.2) is 27.8 Å². The molecule has 0 amide bonds. The summed E-state index contributed by atoms with van der Waals surface area (Å²) in [5, 5.41) is 0. The first-order valence-electron chi connectivity index (χ1n) is 3.76. The van der Waals surface area contributed by atoms with Crippen molar-refractivity contribution < 1.29 is 13.9 Å². The van der Waals surface area contributed by atoms with Crippen LogP contribution in [0.2, 0.25) is 0 Å². The Morgan fingerprint density at radius 3 is 2.54 bits per heavy atom. The van der Waals surface area contributed by atoms with Crippen molar-refractivity contribution >= 4 is 6.29 Å². The lowest BCUT2D eigenvalue weighted by atomic mass is 10.3. The molecule has 0 aromatic carbocycles. The minimum Gasteiger partial charge on any atom is -0.472 e. The molecule has 1 heterocycles. The number of carbonyl (C=O) groups excluding carboxylic acids is 1. The highest BCUT2D eigenvalue weighted by molar-refractivity contribution is 5.73. The Morgan fingerprint density at radius 1 is 1.62 bits per heavy atom. The van der Waals surface area contributed by atoms with Crippen LogP contribution in [-0.4, -0.2) is 20.0 Å². The maximum absolute atomic E-state index is 10.6. The summed E-state index contributed by atoms with van der Waals surface area (Å²) in [6.07, 6.45) is 2.82. The van der Waals surface area contributed by atoms with Crippen molar-refractivity contribution in [1.29, 1.82) is 0 Å². The highest BCUT2D eigenvalue weighted by Crippen LogP contribution is 1.83. The van der Waals surface area contributed by atoms with Crippen molar-refractivity contribution in [3.8, 4) is 0 Å². The lowest BCUT2D eigenvalue weighted by Crippen LogP contribution is -2.03. The lowest BCUT2D eigenvalue weighted by Gasteiger charge is -1.81. The first-order valence-corrected chi connectivity index (χ1v) is 3.76. The van der Waals surface area contributed by atoms with E-state index in [-0.39, 0.29) is 11.0 Å². The number of methoxy groups -OCH3 is 1. The van der Waals surface area contributed by atoms with Gasteiger partial charge in [-0.3, -0.25) is 9.59 Å². The number of hydrogen-bond acceptors (Lipinski definition) is 4. The molecule has 0 spiro atoms. The molecule has 4 nitrogen and oxygen atoms in total. The van der Waals surface area contributed by atoms with E-state index in [1.807, 2.05) is 6.92 Å². The molecule has 0 saturated heterocycles. The van der Waals surface area contributed by atoms with Crippen LogP contribution in [0.4, 0.5) is 0 Å². The Kier molecular flexibility index (Phi) is 6.45. The van der Waals surface area contributed by atoms with Gasteiger partial charge in [0, 0.05) is 19.8 Å². The van der Waals surface area contributed by atoms with Gasteiger partial charge < -0.3 is 9.15 Å². The van der Waals surface area contributed by atoms with Crippen molar-refractivity contribution in [2.45, 2.75) is 6.92 Å².